The van der Waals surface area contributed by atoms with Gasteiger partial charge in [-0.1, -0.05) is 18.2 Å². The Labute approximate surface area is 201 Å². The molecule has 1 aromatic heterocycles. The van der Waals surface area contributed by atoms with Gasteiger partial charge in [0.1, 0.15) is 5.75 Å². The molecule has 6 rings (SSSR count). The number of aromatic nitrogens is 2. The first-order valence-electron chi connectivity index (χ1n) is 12.2. The molecule has 2 bridgehead atoms. The zero-order valence-corrected chi connectivity index (χ0v) is 20.4. The molecule has 0 radical (unpaired) electrons. The Hall–Kier alpha value is -2.90. The number of benzene rings is 2. The van der Waals surface area contributed by atoms with Crippen molar-refractivity contribution in [2.24, 2.45) is 5.92 Å². The van der Waals surface area contributed by atoms with Crippen LogP contribution in [0.2, 0.25) is 0 Å². The topological polar surface area (TPSA) is 59.8 Å². The van der Waals surface area contributed by atoms with Crippen molar-refractivity contribution >= 4 is 16.9 Å². The van der Waals surface area contributed by atoms with Gasteiger partial charge < -0.3 is 19.3 Å². The molecule has 3 aliphatic rings. The minimum absolute atomic E-state index is 0.318. The van der Waals surface area contributed by atoms with E-state index in [2.05, 4.69) is 29.0 Å². The summed E-state index contributed by atoms with van der Waals surface area (Å²) in [5.41, 5.74) is 3.63. The molecule has 2 aromatic carbocycles. The van der Waals surface area contributed by atoms with E-state index in [9.17, 15) is 4.79 Å². The molecular weight excluding hydrogens is 428 g/mol. The number of hydrogen-bond acceptors (Lipinski definition) is 6. The lowest BCUT2D eigenvalue weighted by Gasteiger charge is -2.48. The molecule has 3 saturated heterocycles. The van der Waals surface area contributed by atoms with Crippen LogP contribution >= 0.6 is 0 Å². The van der Waals surface area contributed by atoms with Gasteiger partial charge in [-0.05, 0) is 68.7 Å². The maximum Gasteiger partial charge on any atom is 0.338 e. The number of likely N-dealkylation sites (N-methyl/N-ethyl adjacent to an activating group) is 1. The molecule has 1 unspecified atom stereocenters. The summed E-state index contributed by atoms with van der Waals surface area (Å²) >= 11 is 0. The molecule has 0 amide bonds. The van der Waals surface area contributed by atoms with Gasteiger partial charge in [0.05, 0.1) is 37.5 Å². The lowest BCUT2D eigenvalue weighted by atomic mass is 9.83. The molecule has 7 nitrogen and oxygen atoms in total. The van der Waals surface area contributed by atoms with Crippen LogP contribution in [-0.4, -0.2) is 79.0 Å². The SMILES string of the molecule is COC(=O)c1cccc2c1c(CCN(C)C1CN3CCC1CC3)nn2Cc1ccc(OC)cc1. The van der Waals surface area contributed by atoms with Gasteiger partial charge in [0, 0.05) is 30.9 Å². The van der Waals surface area contributed by atoms with Crippen LogP contribution in [0.25, 0.3) is 10.9 Å². The Morgan fingerprint density at radius 2 is 1.88 bits per heavy atom. The number of ether oxygens (including phenoxy) is 2. The summed E-state index contributed by atoms with van der Waals surface area (Å²) in [6, 6.07) is 14.4. The number of fused-ring (bicyclic) bond motifs is 4. The average Bonchev–Trinajstić information content (AvgIpc) is 3.25. The van der Waals surface area contributed by atoms with Crippen molar-refractivity contribution in [1.82, 2.24) is 19.6 Å². The van der Waals surface area contributed by atoms with E-state index in [1.807, 2.05) is 35.0 Å². The fourth-order valence-corrected chi connectivity index (χ4v) is 5.67. The molecular formula is C27H34N4O3. The first-order valence-corrected chi connectivity index (χ1v) is 12.2. The number of esters is 1. The van der Waals surface area contributed by atoms with Crippen molar-refractivity contribution < 1.29 is 14.3 Å². The predicted octanol–water partition coefficient (Wildman–Crippen LogP) is 3.45. The fraction of sp³-hybridized carbons (Fsp3) is 0.481. The standard InChI is InChI=1S/C27H34N4O3/c1-29(25-18-30-15-11-20(25)12-16-30)14-13-23-26-22(27(32)34-3)5-4-6-24(26)31(28-23)17-19-7-9-21(33-2)10-8-19/h4-10,20,25H,11-18H2,1-3H3. The summed E-state index contributed by atoms with van der Waals surface area (Å²) in [6.45, 7) is 5.21. The second-order valence-electron chi connectivity index (χ2n) is 9.58. The minimum Gasteiger partial charge on any atom is -0.497 e. The lowest BCUT2D eigenvalue weighted by Crippen LogP contribution is -2.56. The van der Waals surface area contributed by atoms with Crippen molar-refractivity contribution in [3.8, 4) is 5.75 Å². The highest BCUT2D eigenvalue weighted by Crippen LogP contribution is 2.31. The van der Waals surface area contributed by atoms with E-state index < -0.39 is 0 Å². The first-order chi connectivity index (χ1) is 16.6. The van der Waals surface area contributed by atoms with Gasteiger partial charge in [0.15, 0.2) is 0 Å². The maximum absolute atomic E-state index is 12.6. The number of carbonyl (C=O) groups excluding carboxylic acids is 1. The molecule has 0 spiro atoms. The van der Waals surface area contributed by atoms with E-state index >= 15 is 0 Å². The van der Waals surface area contributed by atoms with Gasteiger partial charge in [0.2, 0.25) is 0 Å². The fourth-order valence-electron chi connectivity index (χ4n) is 5.67. The number of carbonyl (C=O) groups is 1. The van der Waals surface area contributed by atoms with Gasteiger partial charge in [-0.25, -0.2) is 4.79 Å². The van der Waals surface area contributed by atoms with E-state index in [4.69, 9.17) is 14.6 Å². The highest BCUT2D eigenvalue weighted by Gasteiger charge is 2.36. The van der Waals surface area contributed by atoms with Crippen molar-refractivity contribution in [3.05, 3.63) is 59.3 Å². The van der Waals surface area contributed by atoms with Crippen LogP contribution in [0.4, 0.5) is 0 Å². The molecule has 180 valence electrons. The molecule has 7 heteroatoms. The van der Waals surface area contributed by atoms with Crippen LogP contribution in [0.15, 0.2) is 42.5 Å². The molecule has 34 heavy (non-hydrogen) atoms. The second-order valence-corrected chi connectivity index (χ2v) is 9.58. The first kappa shape index (κ1) is 22.9. The van der Waals surface area contributed by atoms with Crippen LogP contribution < -0.4 is 4.74 Å². The van der Waals surface area contributed by atoms with E-state index in [0.29, 0.717) is 18.2 Å². The smallest absolute Gasteiger partial charge is 0.338 e. The quantitative estimate of drug-likeness (QED) is 0.478. The van der Waals surface area contributed by atoms with Crippen molar-refractivity contribution in [2.75, 3.05) is 47.4 Å². The van der Waals surface area contributed by atoms with E-state index in [1.54, 1.807) is 7.11 Å². The Morgan fingerprint density at radius 3 is 2.53 bits per heavy atom. The number of rotatable bonds is 8. The summed E-state index contributed by atoms with van der Waals surface area (Å²) in [5.74, 6) is 1.31. The Kier molecular flexibility index (Phi) is 6.57. The molecule has 4 heterocycles. The van der Waals surface area contributed by atoms with Crippen molar-refractivity contribution in [2.45, 2.75) is 31.8 Å². The summed E-state index contributed by atoms with van der Waals surface area (Å²) in [4.78, 5) is 17.7. The van der Waals surface area contributed by atoms with Crippen LogP contribution in [-0.2, 0) is 17.7 Å². The molecule has 3 aliphatic heterocycles. The molecule has 0 aliphatic carbocycles. The highest BCUT2D eigenvalue weighted by molar-refractivity contribution is 6.04. The Balaban J connectivity index is 1.43. The molecule has 3 aromatic rings. The zero-order chi connectivity index (χ0) is 23.7. The summed E-state index contributed by atoms with van der Waals surface area (Å²) in [7, 11) is 5.34. The monoisotopic (exact) mass is 462 g/mol. The Bertz CT molecular complexity index is 1150. The van der Waals surface area contributed by atoms with Crippen molar-refractivity contribution in [3.63, 3.8) is 0 Å². The van der Waals surface area contributed by atoms with Gasteiger partial charge in [-0.15, -0.1) is 0 Å². The predicted molar refractivity (Wildman–Crippen MR) is 132 cm³/mol. The second kappa shape index (κ2) is 9.76. The number of methoxy groups -OCH3 is 2. The molecule has 0 saturated carbocycles. The maximum atomic E-state index is 12.6. The van der Waals surface area contributed by atoms with E-state index in [1.165, 1.54) is 39.6 Å². The molecule has 3 fully saturated rings. The van der Waals surface area contributed by atoms with Crippen LogP contribution in [0.5, 0.6) is 5.75 Å². The van der Waals surface area contributed by atoms with Crippen LogP contribution in [0.3, 0.4) is 0 Å². The summed E-state index contributed by atoms with van der Waals surface area (Å²) in [6.07, 6.45) is 3.40. The molecule has 1 atom stereocenters. The third-order valence-electron chi connectivity index (χ3n) is 7.64. The largest absolute Gasteiger partial charge is 0.497 e. The molecule has 0 N–H and O–H groups in total. The van der Waals surface area contributed by atoms with Gasteiger partial charge in [0.25, 0.3) is 0 Å². The number of piperidine rings is 3. The highest BCUT2D eigenvalue weighted by atomic mass is 16.5. The van der Waals surface area contributed by atoms with E-state index in [-0.39, 0.29) is 5.97 Å². The third kappa shape index (κ3) is 4.42. The van der Waals surface area contributed by atoms with Crippen molar-refractivity contribution in [1.29, 1.82) is 0 Å². The van der Waals surface area contributed by atoms with Gasteiger partial charge in [-0.3, -0.25) is 4.68 Å². The van der Waals surface area contributed by atoms with E-state index in [0.717, 1.165) is 46.8 Å². The zero-order valence-electron chi connectivity index (χ0n) is 20.4. The normalized spacial score (nSPS) is 21.8. The third-order valence-corrected chi connectivity index (χ3v) is 7.64. The van der Waals surface area contributed by atoms with Crippen LogP contribution in [0.1, 0.15) is 34.5 Å². The van der Waals surface area contributed by atoms with Gasteiger partial charge >= 0.3 is 5.97 Å². The minimum atomic E-state index is -0.318. The Morgan fingerprint density at radius 1 is 1.12 bits per heavy atom. The average molecular weight is 463 g/mol. The number of hydrogen-bond donors (Lipinski definition) is 0. The summed E-state index contributed by atoms with van der Waals surface area (Å²) < 4.78 is 12.4. The lowest BCUT2D eigenvalue weighted by molar-refractivity contribution is 0.0172. The number of nitrogens with zero attached hydrogens (tertiary/aromatic N) is 4. The van der Waals surface area contributed by atoms with Gasteiger partial charge in [-0.2, -0.15) is 5.10 Å². The summed E-state index contributed by atoms with van der Waals surface area (Å²) in [5, 5.41) is 5.92. The van der Waals surface area contributed by atoms with Crippen LogP contribution in [0, 0.1) is 5.92 Å².